The van der Waals surface area contributed by atoms with E-state index in [2.05, 4.69) is 12.1 Å². The minimum Gasteiger partial charge on any atom is -0.489 e. The van der Waals surface area contributed by atoms with Crippen molar-refractivity contribution in [2.45, 2.75) is 58.2 Å². The van der Waals surface area contributed by atoms with Gasteiger partial charge < -0.3 is 9.47 Å². The highest BCUT2D eigenvalue weighted by Crippen LogP contribution is 2.48. The van der Waals surface area contributed by atoms with E-state index in [1.165, 1.54) is 0 Å². The molecule has 1 unspecified atom stereocenters. The second-order valence-electron chi connectivity index (χ2n) is 10.3. The lowest BCUT2D eigenvalue weighted by Gasteiger charge is -2.37. The summed E-state index contributed by atoms with van der Waals surface area (Å²) in [5.41, 5.74) is 5.03. The molecule has 3 atom stereocenters. The van der Waals surface area contributed by atoms with Gasteiger partial charge in [0.2, 0.25) is 0 Å². The lowest BCUT2D eigenvalue weighted by Crippen LogP contribution is -2.39. The minimum atomic E-state index is -0.699. The van der Waals surface area contributed by atoms with Gasteiger partial charge in [-0.2, -0.15) is 0 Å². The summed E-state index contributed by atoms with van der Waals surface area (Å²) in [6.45, 7) is 5.92. The fraction of sp³-hybridized carbons (Fsp3) is 0.303. The molecule has 1 aliphatic carbocycles. The Labute approximate surface area is 224 Å². The number of ketones is 1. The summed E-state index contributed by atoms with van der Waals surface area (Å²) in [6, 6.07) is 27.8. The van der Waals surface area contributed by atoms with Crippen LogP contribution >= 0.6 is 0 Å². The third-order valence-electron chi connectivity index (χ3n) is 7.26. The molecule has 0 N–H and O–H groups in total. The number of aliphatic imine (C=N–C) groups is 1. The number of nitrogens with zero attached hydrogens (tertiary/aromatic N) is 1. The van der Waals surface area contributed by atoms with Gasteiger partial charge in [0, 0.05) is 34.9 Å². The fourth-order valence-corrected chi connectivity index (χ4v) is 5.57. The smallest absolute Gasteiger partial charge is 0.315 e. The van der Waals surface area contributed by atoms with Gasteiger partial charge in [-0.15, -0.1) is 0 Å². The minimum absolute atomic E-state index is 0.0292. The third kappa shape index (κ3) is 5.33. The Morgan fingerprint density at radius 2 is 1.58 bits per heavy atom. The molecule has 0 fully saturated rings. The van der Waals surface area contributed by atoms with Crippen molar-refractivity contribution in [2.75, 3.05) is 0 Å². The molecule has 0 bridgehead atoms. The second kappa shape index (κ2) is 11.2. The van der Waals surface area contributed by atoms with Crippen molar-refractivity contribution in [1.29, 1.82) is 0 Å². The van der Waals surface area contributed by atoms with E-state index in [0.29, 0.717) is 36.5 Å². The van der Waals surface area contributed by atoms with Gasteiger partial charge in [-0.1, -0.05) is 78.9 Å². The highest BCUT2D eigenvalue weighted by Gasteiger charge is 2.45. The second-order valence-corrected chi connectivity index (χ2v) is 10.3. The molecule has 0 radical (unpaired) electrons. The fourth-order valence-electron chi connectivity index (χ4n) is 5.57. The van der Waals surface area contributed by atoms with Crippen LogP contribution in [0, 0.1) is 5.92 Å². The number of para-hydroxylation sites is 1. The molecule has 194 valence electrons. The van der Waals surface area contributed by atoms with E-state index in [1.807, 2.05) is 93.6 Å². The van der Waals surface area contributed by atoms with Crippen molar-refractivity contribution in [1.82, 2.24) is 0 Å². The van der Waals surface area contributed by atoms with Gasteiger partial charge in [-0.3, -0.25) is 14.6 Å². The number of carbonyl (C=O) groups excluding carboxylic acids is 2. The van der Waals surface area contributed by atoms with Crippen LogP contribution in [0.15, 0.2) is 101 Å². The molecule has 38 heavy (non-hydrogen) atoms. The van der Waals surface area contributed by atoms with Crippen LogP contribution in [0.5, 0.6) is 5.75 Å². The first-order valence-corrected chi connectivity index (χ1v) is 13.2. The van der Waals surface area contributed by atoms with Crippen LogP contribution in [0.3, 0.4) is 0 Å². The van der Waals surface area contributed by atoms with Gasteiger partial charge in [0.05, 0.1) is 6.10 Å². The first kappa shape index (κ1) is 25.7. The van der Waals surface area contributed by atoms with E-state index in [0.717, 1.165) is 22.4 Å². The largest absolute Gasteiger partial charge is 0.489 e. The van der Waals surface area contributed by atoms with Crippen LogP contribution in [-0.4, -0.2) is 23.6 Å². The molecule has 0 amide bonds. The Kier molecular flexibility index (Phi) is 7.54. The molecule has 2 aliphatic rings. The molecule has 5 nitrogen and oxygen atoms in total. The number of allylic oxidation sites excluding steroid dienone is 2. The van der Waals surface area contributed by atoms with E-state index < -0.39 is 11.8 Å². The maximum atomic E-state index is 13.9. The third-order valence-corrected chi connectivity index (χ3v) is 7.26. The number of rotatable bonds is 7. The first-order valence-electron chi connectivity index (χ1n) is 13.2. The van der Waals surface area contributed by atoms with Crippen LogP contribution < -0.4 is 4.74 Å². The Morgan fingerprint density at radius 1 is 0.921 bits per heavy atom. The number of Topliss-reactive ketones (excluding diaryl/α,β-unsaturated/α-hetero) is 1. The molecule has 0 saturated heterocycles. The molecule has 3 aromatic carbocycles. The zero-order valence-corrected chi connectivity index (χ0v) is 22.1. The van der Waals surface area contributed by atoms with Gasteiger partial charge in [0.1, 0.15) is 18.3 Å². The van der Waals surface area contributed by atoms with Gasteiger partial charge in [0.15, 0.2) is 5.78 Å². The summed E-state index contributed by atoms with van der Waals surface area (Å²) in [5.74, 6) is -0.846. The van der Waals surface area contributed by atoms with Crippen molar-refractivity contribution >= 4 is 17.5 Å². The van der Waals surface area contributed by atoms with Crippen molar-refractivity contribution in [3.05, 3.63) is 113 Å². The lowest BCUT2D eigenvalue weighted by atomic mass is 9.69. The van der Waals surface area contributed by atoms with Gasteiger partial charge in [-0.05, 0) is 50.3 Å². The molecule has 1 heterocycles. The normalized spacial score (nSPS) is 21.1. The molecule has 5 heteroatoms. The summed E-state index contributed by atoms with van der Waals surface area (Å²) in [7, 11) is 0. The van der Waals surface area contributed by atoms with E-state index in [4.69, 9.17) is 14.5 Å². The van der Waals surface area contributed by atoms with Crippen molar-refractivity contribution in [3.63, 3.8) is 0 Å². The number of carbonyl (C=O) groups is 2. The quantitative estimate of drug-likeness (QED) is 0.330. The summed E-state index contributed by atoms with van der Waals surface area (Å²) >= 11 is 0. The molecule has 0 saturated carbocycles. The predicted molar refractivity (Wildman–Crippen MR) is 148 cm³/mol. The molecule has 0 spiro atoms. The molecule has 1 aliphatic heterocycles. The molecule has 5 rings (SSSR count). The predicted octanol–water partition coefficient (Wildman–Crippen LogP) is 6.79. The van der Waals surface area contributed by atoms with Crippen molar-refractivity contribution < 1.29 is 19.1 Å². The van der Waals surface area contributed by atoms with Crippen LogP contribution in [0.2, 0.25) is 0 Å². The highest BCUT2D eigenvalue weighted by molar-refractivity contribution is 6.09. The molecular weight excluding hydrogens is 474 g/mol. The Balaban J connectivity index is 1.57. The van der Waals surface area contributed by atoms with E-state index >= 15 is 0 Å². The van der Waals surface area contributed by atoms with Crippen molar-refractivity contribution in [2.24, 2.45) is 10.9 Å². The maximum Gasteiger partial charge on any atom is 0.315 e. The van der Waals surface area contributed by atoms with Gasteiger partial charge in [-0.25, -0.2) is 0 Å². The van der Waals surface area contributed by atoms with Gasteiger partial charge >= 0.3 is 5.97 Å². The first-order chi connectivity index (χ1) is 18.4. The van der Waals surface area contributed by atoms with Crippen LogP contribution in [0.25, 0.3) is 0 Å². The number of hydrogen-bond acceptors (Lipinski definition) is 5. The van der Waals surface area contributed by atoms with E-state index in [9.17, 15) is 9.59 Å². The van der Waals surface area contributed by atoms with Crippen LogP contribution in [-0.2, 0) is 20.9 Å². The van der Waals surface area contributed by atoms with E-state index in [1.54, 1.807) is 0 Å². The molecular formula is C33H33NO4. The summed E-state index contributed by atoms with van der Waals surface area (Å²) in [5, 5.41) is 0. The maximum absolute atomic E-state index is 13.9. The SMILES string of the molecule is CC1=NC2=C(C(=O)C[C@H](c3ccccc3)C2)[C@@H](c2ccccc2OCc2ccccc2)C1C(=O)OC(C)C. The number of hydrogen-bond donors (Lipinski definition) is 0. The monoisotopic (exact) mass is 507 g/mol. The molecule has 3 aromatic rings. The van der Waals surface area contributed by atoms with Gasteiger partial charge in [0.25, 0.3) is 0 Å². The number of ether oxygens (including phenoxy) is 2. The van der Waals surface area contributed by atoms with Crippen LogP contribution in [0.4, 0.5) is 0 Å². The highest BCUT2D eigenvalue weighted by atomic mass is 16.5. The Morgan fingerprint density at radius 3 is 2.29 bits per heavy atom. The topological polar surface area (TPSA) is 65.0 Å². The lowest BCUT2D eigenvalue weighted by molar-refractivity contribution is -0.150. The average molecular weight is 508 g/mol. The summed E-state index contributed by atoms with van der Waals surface area (Å²) in [4.78, 5) is 32.2. The average Bonchev–Trinajstić information content (AvgIpc) is 2.92. The standard InChI is InChI=1S/C33H33NO4/c1-21(2)38-33(36)30-22(3)34-27-18-25(24-14-8-5-9-15-24)19-28(35)32(27)31(30)26-16-10-11-17-29(26)37-20-23-12-6-4-7-13-23/h4-17,21,25,30-31H,18-20H2,1-3H3/t25-,30?,31+/m1/s1. The zero-order chi connectivity index (χ0) is 26.6. The summed E-state index contributed by atoms with van der Waals surface area (Å²) < 4.78 is 12.0. The molecule has 0 aromatic heterocycles. The Hall–Kier alpha value is -3.99. The number of esters is 1. The zero-order valence-electron chi connectivity index (χ0n) is 22.1. The van der Waals surface area contributed by atoms with Crippen molar-refractivity contribution in [3.8, 4) is 5.75 Å². The summed E-state index contributed by atoms with van der Waals surface area (Å²) in [6.07, 6.45) is 0.755. The van der Waals surface area contributed by atoms with E-state index in [-0.39, 0.29) is 23.8 Å². The Bertz CT molecular complexity index is 1370. The van der Waals surface area contributed by atoms with Crippen LogP contribution in [0.1, 0.15) is 62.1 Å². The number of benzene rings is 3.